The van der Waals surface area contributed by atoms with Gasteiger partial charge in [0.05, 0.1) is 0 Å². The van der Waals surface area contributed by atoms with Crippen LogP contribution in [0.3, 0.4) is 0 Å². The lowest BCUT2D eigenvalue weighted by molar-refractivity contribution is 0.175. The van der Waals surface area contributed by atoms with Crippen LogP contribution in [0.1, 0.15) is 61.5 Å². The zero-order valence-electron chi connectivity index (χ0n) is 18.4. The summed E-state index contributed by atoms with van der Waals surface area (Å²) >= 11 is 1.85. The molecule has 0 aliphatic heterocycles. The molecule has 1 aliphatic rings. The summed E-state index contributed by atoms with van der Waals surface area (Å²) in [6, 6.07) is 8.52. The predicted molar refractivity (Wildman–Crippen MR) is 127 cm³/mol. The molecule has 3 rings (SSSR count). The first-order chi connectivity index (χ1) is 14.7. The first-order valence-corrected chi connectivity index (χ1v) is 12.6. The van der Waals surface area contributed by atoms with Crippen molar-refractivity contribution in [2.75, 3.05) is 26.2 Å². The van der Waals surface area contributed by atoms with Gasteiger partial charge in [-0.15, -0.1) is 11.3 Å². The second kappa shape index (κ2) is 12.3. The van der Waals surface area contributed by atoms with E-state index in [2.05, 4.69) is 34.7 Å². The van der Waals surface area contributed by atoms with Gasteiger partial charge < -0.3 is 20.4 Å². The van der Waals surface area contributed by atoms with E-state index in [1.807, 2.05) is 17.4 Å². The molecule has 2 aromatic rings. The third kappa shape index (κ3) is 6.73. The van der Waals surface area contributed by atoms with Gasteiger partial charge in [-0.1, -0.05) is 31.9 Å². The van der Waals surface area contributed by atoms with E-state index < -0.39 is 0 Å². The number of unbranched alkanes of at least 4 members (excludes halogenated alkanes) is 3. The van der Waals surface area contributed by atoms with Crippen LogP contribution in [0.15, 0.2) is 29.6 Å². The van der Waals surface area contributed by atoms with Gasteiger partial charge in [-0.05, 0) is 94.2 Å². The van der Waals surface area contributed by atoms with Crippen LogP contribution < -0.4 is 5.32 Å². The average Bonchev–Trinajstić information content (AvgIpc) is 3.28. The van der Waals surface area contributed by atoms with Crippen LogP contribution in [0.4, 0.5) is 0 Å². The van der Waals surface area contributed by atoms with Crippen molar-refractivity contribution in [3.05, 3.63) is 45.6 Å². The number of nitrogens with zero attached hydrogens (tertiary/aromatic N) is 1. The van der Waals surface area contributed by atoms with E-state index >= 15 is 0 Å². The molecule has 5 heteroatoms. The number of hydrogen-bond donors (Lipinski definition) is 3. The summed E-state index contributed by atoms with van der Waals surface area (Å²) in [6.07, 6.45) is 10.4. The van der Waals surface area contributed by atoms with E-state index in [9.17, 15) is 10.2 Å². The Bertz CT molecular complexity index is 748. The van der Waals surface area contributed by atoms with Crippen LogP contribution >= 0.6 is 11.3 Å². The molecule has 1 atom stereocenters. The Morgan fingerprint density at radius 3 is 2.73 bits per heavy atom. The van der Waals surface area contributed by atoms with Gasteiger partial charge in [0.2, 0.25) is 0 Å². The largest absolute Gasteiger partial charge is 0.504 e. The van der Waals surface area contributed by atoms with Crippen LogP contribution in [-0.2, 0) is 19.3 Å². The lowest BCUT2D eigenvalue weighted by atomic mass is 9.86. The first-order valence-electron chi connectivity index (χ1n) is 11.7. The molecule has 0 fully saturated rings. The van der Waals surface area contributed by atoms with Crippen molar-refractivity contribution >= 4 is 11.3 Å². The number of rotatable bonds is 13. The number of aromatic hydroxyl groups is 2. The zero-order valence-corrected chi connectivity index (χ0v) is 19.2. The van der Waals surface area contributed by atoms with Gasteiger partial charge in [0.1, 0.15) is 0 Å². The Kier molecular flexibility index (Phi) is 9.50. The minimum absolute atomic E-state index is 0.0126. The van der Waals surface area contributed by atoms with Crippen molar-refractivity contribution in [3.8, 4) is 11.5 Å². The molecule has 1 aromatic carbocycles. The number of thiophene rings is 1. The summed E-state index contributed by atoms with van der Waals surface area (Å²) in [6.45, 7) is 6.79. The highest BCUT2D eigenvalue weighted by Crippen LogP contribution is 2.36. The second-order valence-corrected chi connectivity index (χ2v) is 9.53. The lowest BCUT2D eigenvalue weighted by Crippen LogP contribution is -2.40. The van der Waals surface area contributed by atoms with Gasteiger partial charge in [0.25, 0.3) is 0 Å². The zero-order chi connectivity index (χ0) is 21.2. The lowest BCUT2D eigenvalue weighted by Gasteiger charge is -2.35. The summed E-state index contributed by atoms with van der Waals surface area (Å²) in [4.78, 5) is 4.13. The fourth-order valence-electron chi connectivity index (χ4n) is 4.59. The first kappa shape index (κ1) is 23.1. The van der Waals surface area contributed by atoms with Crippen LogP contribution in [0, 0.1) is 0 Å². The Balaban J connectivity index is 1.32. The molecule has 30 heavy (non-hydrogen) atoms. The van der Waals surface area contributed by atoms with Gasteiger partial charge in [0.15, 0.2) is 11.5 Å². The SMILES string of the molecule is CCCN(CCCCCCNCCc1cccs1)[C@H]1CCc2c(ccc(O)c2O)C1. The molecule has 0 bridgehead atoms. The molecule has 1 aromatic heterocycles. The van der Waals surface area contributed by atoms with Crippen molar-refractivity contribution in [2.45, 2.75) is 70.8 Å². The number of phenolic OH excluding ortho intramolecular Hbond substituents is 2. The molecule has 4 nitrogen and oxygen atoms in total. The highest BCUT2D eigenvalue weighted by Gasteiger charge is 2.26. The van der Waals surface area contributed by atoms with Gasteiger partial charge in [-0.3, -0.25) is 0 Å². The maximum absolute atomic E-state index is 10.1. The third-order valence-corrected chi connectivity index (χ3v) is 7.18. The van der Waals surface area contributed by atoms with E-state index in [1.165, 1.54) is 49.1 Å². The van der Waals surface area contributed by atoms with Gasteiger partial charge >= 0.3 is 0 Å². The molecular weight excluding hydrogens is 392 g/mol. The summed E-state index contributed by atoms with van der Waals surface area (Å²) < 4.78 is 0. The molecule has 0 amide bonds. The molecule has 3 N–H and O–H groups in total. The van der Waals surface area contributed by atoms with Crippen molar-refractivity contribution in [2.24, 2.45) is 0 Å². The van der Waals surface area contributed by atoms with E-state index in [1.54, 1.807) is 6.07 Å². The molecule has 0 spiro atoms. The molecule has 0 unspecified atom stereocenters. The van der Waals surface area contributed by atoms with Crippen molar-refractivity contribution < 1.29 is 10.2 Å². The average molecular weight is 431 g/mol. The van der Waals surface area contributed by atoms with Gasteiger partial charge in [0, 0.05) is 16.5 Å². The number of hydrogen-bond acceptors (Lipinski definition) is 5. The Morgan fingerprint density at radius 1 is 1.07 bits per heavy atom. The number of benzene rings is 1. The maximum atomic E-state index is 10.1. The quantitative estimate of drug-likeness (QED) is 0.305. The standard InChI is InChI=1S/C25H38N2O2S/c1-2-16-27(21-10-11-23-20(19-21)9-12-24(28)25(23)29)17-6-4-3-5-14-26-15-13-22-8-7-18-30-22/h7-9,12,18,21,26,28-29H,2-6,10-11,13-17,19H2,1H3/t21-/m0/s1. The van der Waals surface area contributed by atoms with Crippen LogP contribution in [0.5, 0.6) is 11.5 Å². The Hall–Kier alpha value is -1.56. The summed E-state index contributed by atoms with van der Waals surface area (Å²) in [5.74, 6) is 0.107. The highest BCUT2D eigenvalue weighted by molar-refractivity contribution is 7.09. The normalized spacial score (nSPS) is 16.1. The molecule has 1 aliphatic carbocycles. The van der Waals surface area contributed by atoms with Crippen LogP contribution in [-0.4, -0.2) is 47.3 Å². The number of nitrogens with one attached hydrogen (secondary N) is 1. The van der Waals surface area contributed by atoms with Crippen LogP contribution in [0.25, 0.3) is 0 Å². The fourth-order valence-corrected chi connectivity index (χ4v) is 5.30. The third-order valence-electron chi connectivity index (χ3n) is 6.25. The molecule has 0 saturated carbocycles. The van der Waals surface area contributed by atoms with E-state index in [0.717, 1.165) is 50.9 Å². The monoisotopic (exact) mass is 430 g/mol. The minimum Gasteiger partial charge on any atom is -0.504 e. The summed E-state index contributed by atoms with van der Waals surface area (Å²) in [5, 5.41) is 25.6. The molecule has 1 heterocycles. The summed E-state index contributed by atoms with van der Waals surface area (Å²) in [7, 11) is 0. The number of phenols is 2. The molecular formula is C25H38N2O2S. The fraction of sp³-hybridized carbons (Fsp3) is 0.600. The maximum Gasteiger partial charge on any atom is 0.160 e. The molecule has 0 saturated heterocycles. The smallest absolute Gasteiger partial charge is 0.160 e. The summed E-state index contributed by atoms with van der Waals surface area (Å²) in [5.41, 5.74) is 2.16. The van der Waals surface area contributed by atoms with Crippen molar-refractivity contribution in [1.29, 1.82) is 0 Å². The van der Waals surface area contributed by atoms with Crippen LogP contribution in [0.2, 0.25) is 0 Å². The van der Waals surface area contributed by atoms with Gasteiger partial charge in [-0.2, -0.15) is 0 Å². The minimum atomic E-state index is 0.0126. The topological polar surface area (TPSA) is 55.7 Å². The van der Waals surface area contributed by atoms with E-state index in [-0.39, 0.29) is 11.5 Å². The Morgan fingerprint density at radius 2 is 1.93 bits per heavy atom. The highest BCUT2D eigenvalue weighted by atomic mass is 32.1. The van der Waals surface area contributed by atoms with Crippen molar-refractivity contribution in [1.82, 2.24) is 10.2 Å². The second-order valence-electron chi connectivity index (χ2n) is 8.50. The van der Waals surface area contributed by atoms with Gasteiger partial charge in [-0.25, -0.2) is 0 Å². The molecule has 166 valence electrons. The van der Waals surface area contributed by atoms with Crippen molar-refractivity contribution in [3.63, 3.8) is 0 Å². The Labute approximate surface area is 185 Å². The number of fused-ring (bicyclic) bond motifs is 1. The van der Waals surface area contributed by atoms with E-state index in [0.29, 0.717) is 6.04 Å². The predicted octanol–water partition coefficient (Wildman–Crippen LogP) is 5.12. The van der Waals surface area contributed by atoms with E-state index in [4.69, 9.17) is 0 Å². The molecule has 0 radical (unpaired) electrons.